The first-order chi connectivity index (χ1) is 9.97. The topological polar surface area (TPSA) is 92.4 Å². The number of carboxylic acids is 1. The Morgan fingerprint density at radius 3 is 2.43 bits per heavy atom. The molecule has 0 aromatic heterocycles. The molecule has 0 saturated carbocycles. The van der Waals surface area contributed by atoms with Gasteiger partial charge in [-0.15, -0.1) is 0 Å². The van der Waals surface area contributed by atoms with Crippen LogP contribution < -0.4 is 11.1 Å². The number of para-hydroxylation sites is 1. The fourth-order valence-electron chi connectivity index (χ4n) is 1.83. The number of carbonyl (C=O) groups excluding carboxylic acids is 1. The molecular weight excluding hydrogens is 275 g/mol. The Bertz CT molecular complexity index is 684. The van der Waals surface area contributed by atoms with Crippen LogP contribution in [0.25, 0.3) is 0 Å². The van der Waals surface area contributed by atoms with E-state index >= 15 is 0 Å². The van der Waals surface area contributed by atoms with E-state index in [-0.39, 0.29) is 17.7 Å². The Hall–Kier alpha value is -2.89. The summed E-state index contributed by atoms with van der Waals surface area (Å²) in [6.07, 6.45) is -0.00628. The predicted octanol–water partition coefficient (Wildman–Crippen LogP) is 2.29. The molecule has 4 N–H and O–H groups in total. The number of aromatic carboxylic acids is 1. The second-order valence-electron chi connectivity index (χ2n) is 4.43. The van der Waals surface area contributed by atoms with Gasteiger partial charge in [0.05, 0.1) is 17.7 Å². The van der Waals surface area contributed by atoms with Crippen LogP contribution in [0.1, 0.15) is 15.9 Å². The maximum atomic E-state index is 13.7. The van der Waals surface area contributed by atoms with Gasteiger partial charge in [0.1, 0.15) is 5.82 Å². The van der Waals surface area contributed by atoms with E-state index in [0.29, 0.717) is 11.3 Å². The van der Waals surface area contributed by atoms with Crippen molar-refractivity contribution in [2.45, 2.75) is 6.42 Å². The van der Waals surface area contributed by atoms with Gasteiger partial charge in [0.25, 0.3) is 0 Å². The first-order valence-electron chi connectivity index (χ1n) is 6.13. The van der Waals surface area contributed by atoms with E-state index in [0.717, 1.165) is 6.07 Å². The smallest absolute Gasteiger partial charge is 0.337 e. The minimum absolute atomic E-state index is 0.00628. The highest BCUT2D eigenvalue weighted by atomic mass is 19.1. The van der Waals surface area contributed by atoms with Crippen molar-refractivity contribution < 1.29 is 19.1 Å². The number of hydrogen-bond donors (Lipinski definition) is 3. The summed E-state index contributed by atoms with van der Waals surface area (Å²) in [7, 11) is 0. The molecule has 0 saturated heterocycles. The highest BCUT2D eigenvalue weighted by molar-refractivity contribution is 6.01. The van der Waals surface area contributed by atoms with Crippen LogP contribution in [0, 0.1) is 5.82 Å². The number of carbonyl (C=O) groups is 2. The van der Waals surface area contributed by atoms with Gasteiger partial charge in [-0.05, 0) is 29.8 Å². The van der Waals surface area contributed by atoms with Gasteiger partial charge in [-0.3, -0.25) is 4.79 Å². The minimum atomic E-state index is -1.31. The third-order valence-corrected chi connectivity index (χ3v) is 2.85. The number of nitrogens with two attached hydrogens (primary N) is 1. The Balaban J connectivity index is 2.16. The number of carboxylic acid groups (broad SMARTS) is 1. The summed E-state index contributed by atoms with van der Waals surface area (Å²) in [6, 6.07) is 10.2. The van der Waals surface area contributed by atoms with Crippen LogP contribution in [0.2, 0.25) is 0 Å². The molecule has 0 radical (unpaired) electrons. The fraction of sp³-hybridized carbons (Fsp3) is 0.0667. The van der Waals surface area contributed by atoms with Crippen molar-refractivity contribution >= 4 is 23.3 Å². The van der Waals surface area contributed by atoms with Crippen LogP contribution in [-0.2, 0) is 11.2 Å². The van der Waals surface area contributed by atoms with Crippen LogP contribution in [0.4, 0.5) is 15.8 Å². The highest BCUT2D eigenvalue weighted by Crippen LogP contribution is 2.20. The number of amides is 1. The quantitative estimate of drug-likeness (QED) is 0.752. The molecule has 1 amide bonds. The van der Waals surface area contributed by atoms with Crippen molar-refractivity contribution in [3.63, 3.8) is 0 Å². The van der Waals surface area contributed by atoms with Crippen molar-refractivity contribution in [1.29, 1.82) is 0 Å². The van der Waals surface area contributed by atoms with Gasteiger partial charge >= 0.3 is 5.97 Å². The zero-order chi connectivity index (χ0) is 15.4. The highest BCUT2D eigenvalue weighted by Gasteiger charge is 2.16. The lowest BCUT2D eigenvalue weighted by Gasteiger charge is -2.09. The molecule has 2 aromatic carbocycles. The number of benzene rings is 2. The second-order valence-corrected chi connectivity index (χ2v) is 4.43. The van der Waals surface area contributed by atoms with Crippen molar-refractivity contribution in [3.8, 4) is 0 Å². The maximum absolute atomic E-state index is 13.7. The lowest BCUT2D eigenvalue weighted by molar-refractivity contribution is -0.115. The number of halogens is 1. The summed E-state index contributed by atoms with van der Waals surface area (Å²) in [6.45, 7) is 0. The molecule has 0 aliphatic rings. The van der Waals surface area contributed by atoms with Crippen molar-refractivity contribution in [1.82, 2.24) is 0 Å². The summed E-state index contributed by atoms with van der Waals surface area (Å²) in [5.41, 5.74) is 6.18. The van der Waals surface area contributed by atoms with Gasteiger partial charge in [0.2, 0.25) is 5.91 Å². The predicted molar refractivity (Wildman–Crippen MR) is 76.5 cm³/mol. The van der Waals surface area contributed by atoms with Gasteiger partial charge in [0.15, 0.2) is 0 Å². The minimum Gasteiger partial charge on any atom is -0.478 e. The number of rotatable bonds is 4. The molecular formula is C15H13FN2O3. The van der Waals surface area contributed by atoms with Crippen molar-refractivity contribution in [3.05, 3.63) is 59.4 Å². The Morgan fingerprint density at radius 2 is 1.81 bits per heavy atom. The van der Waals surface area contributed by atoms with Crippen LogP contribution in [0.15, 0.2) is 42.5 Å². The molecule has 2 aromatic rings. The standard InChI is InChI=1S/C15H13FN2O3/c16-12-3-1-2-11(15(20)21)14(12)18-13(19)8-9-4-6-10(17)7-5-9/h1-7H,8,17H2,(H,18,19)(H,20,21). The first-order valence-corrected chi connectivity index (χ1v) is 6.13. The second kappa shape index (κ2) is 6.04. The summed E-state index contributed by atoms with van der Waals surface area (Å²) in [5.74, 6) is -2.61. The summed E-state index contributed by atoms with van der Waals surface area (Å²) >= 11 is 0. The monoisotopic (exact) mass is 288 g/mol. The van der Waals surface area contributed by atoms with Crippen LogP contribution in [0.3, 0.4) is 0 Å². The lowest BCUT2D eigenvalue weighted by Crippen LogP contribution is -2.18. The molecule has 0 bridgehead atoms. The van der Waals surface area contributed by atoms with E-state index in [4.69, 9.17) is 10.8 Å². The van der Waals surface area contributed by atoms with Gasteiger partial charge in [-0.25, -0.2) is 9.18 Å². The molecule has 21 heavy (non-hydrogen) atoms. The molecule has 108 valence electrons. The molecule has 0 fully saturated rings. The molecule has 0 aliphatic carbocycles. The third kappa shape index (κ3) is 3.56. The molecule has 5 nitrogen and oxygen atoms in total. The molecule has 0 heterocycles. The Kier molecular flexibility index (Phi) is 4.18. The number of anilines is 2. The van der Waals surface area contributed by atoms with Gasteiger partial charge in [-0.2, -0.15) is 0 Å². The maximum Gasteiger partial charge on any atom is 0.337 e. The van der Waals surface area contributed by atoms with Gasteiger partial charge < -0.3 is 16.2 Å². The molecule has 2 rings (SSSR count). The molecule has 6 heteroatoms. The number of nitrogen functional groups attached to an aromatic ring is 1. The van der Waals surface area contributed by atoms with Crippen LogP contribution >= 0.6 is 0 Å². The number of nitrogens with one attached hydrogen (secondary N) is 1. The van der Waals surface area contributed by atoms with Gasteiger partial charge in [0, 0.05) is 5.69 Å². The molecule has 0 spiro atoms. The van der Waals surface area contributed by atoms with Crippen LogP contribution in [0.5, 0.6) is 0 Å². The zero-order valence-corrected chi connectivity index (χ0v) is 11.0. The fourth-order valence-corrected chi connectivity index (χ4v) is 1.83. The van der Waals surface area contributed by atoms with E-state index < -0.39 is 17.7 Å². The lowest BCUT2D eigenvalue weighted by atomic mass is 10.1. The normalized spacial score (nSPS) is 10.1. The average Bonchev–Trinajstić information content (AvgIpc) is 2.43. The average molecular weight is 288 g/mol. The Morgan fingerprint density at radius 1 is 1.14 bits per heavy atom. The van der Waals surface area contributed by atoms with E-state index in [2.05, 4.69) is 5.32 Å². The van der Waals surface area contributed by atoms with E-state index in [1.807, 2.05) is 0 Å². The van der Waals surface area contributed by atoms with Gasteiger partial charge in [-0.1, -0.05) is 18.2 Å². The van der Waals surface area contributed by atoms with E-state index in [9.17, 15) is 14.0 Å². The number of hydrogen-bond acceptors (Lipinski definition) is 3. The SMILES string of the molecule is Nc1ccc(CC(=O)Nc2c(F)cccc2C(=O)O)cc1. The molecule has 0 unspecified atom stereocenters. The largest absolute Gasteiger partial charge is 0.478 e. The molecule has 0 atom stereocenters. The summed E-state index contributed by atoms with van der Waals surface area (Å²) in [4.78, 5) is 22.9. The summed E-state index contributed by atoms with van der Waals surface area (Å²) < 4.78 is 13.7. The Labute approximate surface area is 120 Å². The zero-order valence-electron chi connectivity index (χ0n) is 11.0. The van der Waals surface area contributed by atoms with E-state index in [1.54, 1.807) is 24.3 Å². The third-order valence-electron chi connectivity index (χ3n) is 2.85. The summed E-state index contributed by atoms with van der Waals surface area (Å²) in [5, 5.41) is 11.3. The van der Waals surface area contributed by atoms with E-state index in [1.165, 1.54) is 12.1 Å². The van der Waals surface area contributed by atoms with Crippen LogP contribution in [-0.4, -0.2) is 17.0 Å². The first kappa shape index (κ1) is 14.5. The van der Waals surface area contributed by atoms with Crippen molar-refractivity contribution in [2.24, 2.45) is 0 Å². The van der Waals surface area contributed by atoms with Crippen molar-refractivity contribution in [2.75, 3.05) is 11.1 Å². The molecule has 0 aliphatic heterocycles.